The van der Waals surface area contributed by atoms with Crippen LogP contribution < -0.4 is 5.73 Å². The highest BCUT2D eigenvalue weighted by atomic mass is 32.2. The summed E-state index contributed by atoms with van der Waals surface area (Å²) in [5.41, 5.74) is 8.42. The quantitative estimate of drug-likeness (QED) is 0.867. The molecule has 0 radical (unpaired) electrons. The summed E-state index contributed by atoms with van der Waals surface area (Å²) in [6.45, 7) is 4.10. The molecular formula is C13H18N2O2S. The Morgan fingerprint density at radius 2 is 2.00 bits per heavy atom. The molecule has 1 heterocycles. The van der Waals surface area contributed by atoms with Crippen molar-refractivity contribution in [3.05, 3.63) is 30.0 Å². The van der Waals surface area contributed by atoms with E-state index in [1.54, 1.807) is 0 Å². The minimum Gasteiger partial charge on any atom is -0.397 e. The van der Waals surface area contributed by atoms with Gasteiger partial charge in [0.25, 0.3) is 0 Å². The molecular weight excluding hydrogens is 248 g/mol. The molecule has 98 valence electrons. The van der Waals surface area contributed by atoms with E-state index in [0.717, 1.165) is 16.5 Å². The lowest BCUT2D eigenvalue weighted by atomic mass is 10.2. The number of rotatable bonds is 3. The smallest absolute Gasteiger partial charge is 0.151 e. The van der Waals surface area contributed by atoms with E-state index >= 15 is 0 Å². The fourth-order valence-corrected chi connectivity index (χ4v) is 3.01. The van der Waals surface area contributed by atoms with Crippen LogP contribution in [0.25, 0.3) is 10.9 Å². The van der Waals surface area contributed by atoms with Gasteiger partial charge in [-0.25, -0.2) is 8.42 Å². The van der Waals surface area contributed by atoms with Crippen LogP contribution in [0.1, 0.15) is 25.5 Å². The van der Waals surface area contributed by atoms with E-state index in [-0.39, 0.29) is 11.8 Å². The first-order valence-electron chi connectivity index (χ1n) is 5.85. The standard InChI is InChI=1S/C13H18N2O2S/c1-9(2)15-7-10(8-18(3,16)17)11-5-4-6-12(14)13(11)15/h4-7,9H,8,14H2,1-3H3. The Labute approximate surface area is 107 Å². The zero-order valence-electron chi connectivity index (χ0n) is 10.8. The summed E-state index contributed by atoms with van der Waals surface area (Å²) in [6.07, 6.45) is 3.14. The Balaban J connectivity index is 2.73. The number of hydrogen-bond acceptors (Lipinski definition) is 3. The first-order chi connectivity index (χ1) is 8.29. The van der Waals surface area contributed by atoms with E-state index in [4.69, 9.17) is 5.73 Å². The van der Waals surface area contributed by atoms with E-state index in [2.05, 4.69) is 13.8 Å². The molecule has 0 aliphatic rings. The minimum atomic E-state index is -3.05. The van der Waals surface area contributed by atoms with Crippen LogP contribution in [0.4, 0.5) is 5.69 Å². The van der Waals surface area contributed by atoms with Crippen molar-refractivity contribution in [2.45, 2.75) is 25.6 Å². The van der Waals surface area contributed by atoms with Gasteiger partial charge in [0, 0.05) is 23.9 Å². The van der Waals surface area contributed by atoms with Crippen molar-refractivity contribution in [1.29, 1.82) is 0 Å². The molecule has 0 saturated heterocycles. The zero-order chi connectivity index (χ0) is 13.5. The second-order valence-electron chi connectivity index (χ2n) is 4.97. The number of fused-ring (bicyclic) bond motifs is 1. The largest absolute Gasteiger partial charge is 0.397 e. The van der Waals surface area contributed by atoms with Crippen LogP contribution in [-0.4, -0.2) is 19.2 Å². The van der Waals surface area contributed by atoms with Crippen LogP contribution in [-0.2, 0) is 15.6 Å². The summed E-state index contributed by atoms with van der Waals surface area (Å²) in [7, 11) is -3.05. The molecule has 5 heteroatoms. The number of para-hydroxylation sites is 1. The highest BCUT2D eigenvalue weighted by Crippen LogP contribution is 2.30. The first-order valence-corrected chi connectivity index (χ1v) is 7.91. The van der Waals surface area contributed by atoms with Gasteiger partial charge in [-0.15, -0.1) is 0 Å². The third kappa shape index (κ3) is 2.36. The molecule has 2 N–H and O–H groups in total. The second kappa shape index (κ2) is 4.31. The molecule has 0 unspecified atom stereocenters. The average Bonchev–Trinajstić information content (AvgIpc) is 2.56. The van der Waals surface area contributed by atoms with Gasteiger partial charge >= 0.3 is 0 Å². The number of nitrogens with two attached hydrogens (primary N) is 1. The number of aromatic nitrogens is 1. The van der Waals surface area contributed by atoms with Crippen molar-refractivity contribution in [3.8, 4) is 0 Å². The van der Waals surface area contributed by atoms with Crippen LogP contribution in [0, 0.1) is 0 Å². The van der Waals surface area contributed by atoms with Crippen LogP contribution in [0.15, 0.2) is 24.4 Å². The monoisotopic (exact) mass is 266 g/mol. The summed E-state index contributed by atoms with van der Waals surface area (Å²) in [5, 5.41) is 0.925. The van der Waals surface area contributed by atoms with Crippen LogP contribution in [0.3, 0.4) is 0 Å². The van der Waals surface area contributed by atoms with Crippen molar-refractivity contribution in [2.24, 2.45) is 0 Å². The lowest BCUT2D eigenvalue weighted by Gasteiger charge is -2.10. The maximum absolute atomic E-state index is 11.5. The van der Waals surface area contributed by atoms with Gasteiger partial charge in [-0.3, -0.25) is 0 Å². The Hall–Kier alpha value is -1.49. The van der Waals surface area contributed by atoms with Crippen molar-refractivity contribution >= 4 is 26.4 Å². The predicted molar refractivity (Wildman–Crippen MR) is 75.3 cm³/mol. The first kappa shape index (κ1) is 13.0. The highest BCUT2D eigenvalue weighted by molar-refractivity contribution is 7.89. The van der Waals surface area contributed by atoms with Gasteiger partial charge < -0.3 is 10.3 Å². The Kier molecular flexibility index (Phi) is 3.11. The molecule has 0 amide bonds. The normalized spacial score (nSPS) is 12.4. The van der Waals surface area contributed by atoms with Gasteiger partial charge in [0.05, 0.1) is 17.0 Å². The van der Waals surface area contributed by atoms with E-state index in [1.807, 2.05) is 29.0 Å². The summed E-state index contributed by atoms with van der Waals surface area (Å²) in [5.74, 6) is 0.0483. The maximum Gasteiger partial charge on any atom is 0.151 e. The van der Waals surface area contributed by atoms with Crippen molar-refractivity contribution in [1.82, 2.24) is 4.57 Å². The summed E-state index contributed by atoms with van der Waals surface area (Å²) in [6, 6.07) is 5.86. The number of nitrogens with zero attached hydrogens (tertiary/aromatic N) is 1. The summed E-state index contributed by atoms with van der Waals surface area (Å²) >= 11 is 0. The Morgan fingerprint density at radius 1 is 1.33 bits per heavy atom. The van der Waals surface area contributed by atoms with Gasteiger partial charge in [-0.05, 0) is 25.5 Å². The molecule has 0 atom stereocenters. The molecule has 2 aromatic rings. The van der Waals surface area contributed by atoms with Crippen LogP contribution >= 0.6 is 0 Å². The molecule has 18 heavy (non-hydrogen) atoms. The van der Waals surface area contributed by atoms with Crippen LogP contribution in [0.5, 0.6) is 0 Å². The van der Waals surface area contributed by atoms with E-state index in [9.17, 15) is 8.42 Å². The van der Waals surface area contributed by atoms with Gasteiger partial charge in [0.2, 0.25) is 0 Å². The fraction of sp³-hybridized carbons (Fsp3) is 0.385. The molecule has 1 aromatic heterocycles. The summed E-state index contributed by atoms with van der Waals surface area (Å²) < 4.78 is 25.0. The predicted octanol–water partition coefficient (Wildman–Crippen LogP) is 2.35. The van der Waals surface area contributed by atoms with Gasteiger partial charge in [0.1, 0.15) is 0 Å². The van der Waals surface area contributed by atoms with E-state index in [0.29, 0.717) is 5.69 Å². The van der Waals surface area contributed by atoms with Crippen molar-refractivity contribution in [3.63, 3.8) is 0 Å². The lowest BCUT2D eigenvalue weighted by molar-refractivity contribution is 0.600. The van der Waals surface area contributed by atoms with Crippen molar-refractivity contribution in [2.75, 3.05) is 12.0 Å². The molecule has 1 aromatic carbocycles. The maximum atomic E-state index is 11.5. The zero-order valence-corrected chi connectivity index (χ0v) is 11.7. The minimum absolute atomic E-state index is 0.0483. The topological polar surface area (TPSA) is 65.1 Å². The van der Waals surface area contributed by atoms with Gasteiger partial charge in [0.15, 0.2) is 9.84 Å². The molecule has 0 aliphatic carbocycles. The third-order valence-corrected chi connectivity index (χ3v) is 3.78. The second-order valence-corrected chi connectivity index (χ2v) is 7.11. The number of benzene rings is 1. The van der Waals surface area contributed by atoms with Gasteiger partial charge in [-0.1, -0.05) is 12.1 Å². The molecule has 0 spiro atoms. The Morgan fingerprint density at radius 3 is 2.56 bits per heavy atom. The summed E-state index contributed by atoms with van der Waals surface area (Å²) in [4.78, 5) is 0. The highest BCUT2D eigenvalue weighted by Gasteiger charge is 2.15. The number of hydrogen-bond donors (Lipinski definition) is 1. The lowest BCUT2D eigenvalue weighted by Crippen LogP contribution is -2.01. The number of anilines is 1. The van der Waals surface area contributed by atoms with Gasteiger partial charge in [-0.2, -0.15) is 0 Å². The fourth-order valence-electron chi connectivity index (χ4n) is 2.22. The SMILES string of the molecule is CC(C)n1cc(CS(C)(=O)=O)c2cccc(N)c21. The molecule has 0 fully saturated rings. The number of sulfone groups is 1. The molecule has 2 rings (SSSR count). The average molecular weight is 266 g/mol. The van der Waals surface area contributed by atoms with Crippen molar-refractivity contribution < 1.29 is 8.42 Å². The van der Waals surface area contributed by atoms with Crippen LogP contribution in [0.2, 0.25) is 0 Å². The molecule has 0 bridgehead atoms. The Bertz CT molecular complexity index is 684. The molecule has 0 saturated carbocycles. The molecule has 0 aliphatic heterocycles. The molecule has 4 nitrogen and oxygen atoms in total. The van der Waals surface area contributed by atoms with E-state index in [1.165, 1.54) is 6.26 Å². The third-order valence-electron chi connectivity index (χ3n) is 2.94. The number of nitrogen functional groups attached to an aromatic ring is 1. The van der Waals surface area contributed by atoms with E-state index < -0.39 is 9.84 Å².